The van der Waals surface area contributed by atoms with E-state index in [0.29, 0.717) is 5.56 Å². The number of benzene rings is 2. The molecule has 1 aromatic heterocycles. The lowest BCUT2D eigenvalue weighted by atomic mass is 10.0. The molecule has 3 rings (SSSR count). The van der Waals surface area contributed by atoms with Crippen LogP contribution in [0, 0.1) is 11.3 Å². The molecule has 2 N–H and O–H groups in total. The van der Waals surface area contributed by atoms with Crippen LogP contribution in [0.1, 0.15) is 16.7 Å². The quantitative estimate of drug-likeness (QED) is 0.610. The summed E-state index contributed by atoms with van der Waals surface area (Å²) in [7, 11) is 1.20. The van der Waals surface area contributed by atoms with E-state index in [1.165, 1.54) is 19.2 Å². The summed E-state index contributed by atoms with van der Waals surface area (Å²) >= 11 is 0. The monoisotopic (exact) mass is 395 g/mol. The number of nitrogens with one attached hydrogen (secondary N) is 2. The van der Waals surface area contributed by atoms with Crippen LogP contribution in [0.2, 0.25) is 0 Å². The van der Waals surface area contributed by atoms with Crippen LogP contribution in [0.25, 0.3) is 11.1 Å². The summed E-state index contributed by atoms with van der Waals surface area (Å²) in [5.41, 5.74) is 1.92. The summed E-state index contributed by atoms with van der Waals surface area (Å²) in [5, 5.41) is 11.7. The minimum atomic E-state index is -1.06. The first kappa shape index (κ1) is 19.7. The van der Waals surface area contributed by atoms with Crippen molar-refractivity contribution in [2.45, 2.75) is 19.1 Å². The van der Waals surface area contributed by atoms with E-state index in [4.69, 9.17) is 13.9 Å². The van der Waals surface area contributed by atoms with Crippen molar-refractivity contribution in [3.8, 4) is 6.07 Å². The van der Waals surface area contributed by atoms with Gasteiger partial charge in [-0.1, -0.05) is 30.3 Å². The Hall–Kier alpha value is -4.06. The van der Waals surface area contributed by atoms with Crippen molar-refractivity contribution in [3.05, 3.63) is 69.7 Å². The van der Waals surface area contributed by atoms with Crippen LogP contribution in [0.15, 0.2) is 51.7 Å². The number of aromatic amines is 1. The molecule has 2 aromatic carbocycles. The van der Waals surface area contributed by atoms with Crippen molar-refractivity contribution in [1.82, 2.24) is 10.3 Å². The molecule has 0 fully saturated rings. The molecule has 9 nitrogen and oxygen atoms in total. The highest BCUT2D eigenvalue weighted by Crippen LogP contribution is 2.19. The molecule has 0 bridgehead atoms. The van der Waals surface area contributed by atoms with E-state index in [1.54, 1.807) is 12.1 Å². The Labute approximate surface area is 164 Å². The van der Waals surface area contributed by atoms with Crippen LogP contribution in [0.5, 0.6) is 0 Å². The molecule has 1 heterocycles. The number of oxazole rings is 1. The fraction of sp³-hybridized carbons (Fsp3) is 0.200. The molecule has 0 aliphatic heterocycles. The number of aromatic nitrogens is 1. The summed E-state index contributed by atoms with van der Waals surface area (Å²) in [4.78, 5) is 38.1. The third kappa shape index (κ3) is 4.81. The number of carbonyl (C=O) groups is 2. The SMILES string of the molecule is COC(=O)[C@@H](Cc1cc(C#N)c2[nH]c(=O)oc2c1)NC(=O)OCc1ccccc1. The number of carbonyl (C=O) groups excluding carboxylic acids is 2. The van der Waals surface area contributed by atoms with E-state index in [9.17, 15) is 19.6 Å². The van der Waals surface area contributed by atoms with Gasteiger partial charge in [0, 0.05) is 6.42 Å². The van der Waals surface area contributed by atoms with E-state index >= 15 is 0 Å². The maximum absolute atomic E-state index is 12.1. The summed E-state index contributed by atoms with van der Waals surface area (Å²) in [6.45, 7) is 0.0413. The number of nitriles is 1. The summed E-state index contributed by atoms with van der Waals surface area (Å²) in [5.74, 6) is -1.38. The Bertz CT molecular complexity index is 1130. The number of H-pyrrole nitrogens is 1. The first-order valence-electron chi connectivity index (χ1n) is 8.61. The van der Waals surface area contributed by atoms with E-state index in [0.717, 1.165) is 5.56 Å². The molecule has 0 saturated carbocycles. The largest absolute Gasteiger partial charge is 0.467 e. The number of fused-ring (bicyclic) bond motifs is 1. The zero-order valence-corrected chi connectivity index (χ0v) is 15.4. The molecule has 0 aliphatic rings. The summed E-state index contributed by atoms with van der Waals surface area (Å²) in [6.07, 6.45) is -0.786. The van der Waals surface area contributed by atoms with Crippen LogP contribution in [-0.4, -0.2) is 30.2 Å². The highest BCUT2D eigenvalue weighted by molar-refractivity contribution is 5.83. The molecule has 3 aromatic rings. The highest BCUT2D eigenvalue weighted by Gasteiger charge is 2.24. The number of hydrogen-bond donors (Lipinski definition) is 2. The van der Waals surface area contributed by atoms with Gasteiger partial charge in [-0.3, -0.25) is 4.98 Å². The number of nitrogens with zero attached hydrogens (tertiary/aromatic N) is 1. The molecule has 1 amide bonds. The normalized spacial score (nSPS) is 11.4. The second-order valence-electron chi connectivity index (χ2n) is 6.13. The Morgan fingerprint density at radius 2 is 2.00 bits per heavy atom. The van der Waals surface area contributed by atoms with Crippen LogP contribution in [-0.2, 0) is 27.3 Å². The molecule has 1 atom stereocenters. The Morgan fingerprint density at radius 3 is 2.69 bits per heavy atom. The Kier molecular flexibility index (Phi) is 5.94. The Balaban J connectivity index is 1.74. The van der Waals surface area contributed by atoms with Crippen LogP contribution >= 0.6 is 0 Å². The smallest absolute Gasteiger partial charge is 0.417 e. The molecule has 0 unspecified atom stereocenters. The molecule has 0 radical (unpaired) electrons. The molecule has 29 heavy (non-hydrogen) atoms. The number of methoxy groups -OCH3 is 1. The third-order valence-electron chi connectivity index (χ3n) is 4.14. The lowest BCUT2D eigenvalue weighted by molar-refractivity contribution is -0.143. The van der Waals surface area contributed by atoms with Crippen molar-refractivity contribution in [2.75, 3.05) is 7.11 Å². The topological polar surface area (TPSA) is 134 Å². The standard InChI is InChI=1S/C20H17N3O6/c1-27-18(24)15(22-19(25)28-11-12-5-3-2-4-6-12)8-13-7-14(10-21)17-16(9-13)29-20(26)23-17/h2-7,9,15H,8,11H2,1H3,(H,22,25)(H,23,26)/t15-/m1/s1. The number of hydrogen-bond acceptors (Lipinski definition) is 7. The van der Waals surface area contributed by atoms with Gasteiger partial charge in [0.1, 0.15) is 24.2 Å². The molecule has 0 aliphatic carbocycles. The minimum absolute atomic E-state index is 0.00657. The molecule has 148 valence electrons. The molecular formula is C20H17N3O6. The van der Waals surface area contributed by atoms with Gasteiger partial charge in [0.25, 0.3) is 0 Å². The summed E-state index contributed by atoms with van der Waals surface area (Å²) in [6, 6.07) is 13.0. The zero-order valence-electron chi connectivity index (χ0n) is 15.4. The van der Waals surface area contributed by atoms with Crippen LogP contribution in [0.4, 0.5) is 4.79 Å². The molecular weight excluding hydrogens is 378 g/mol. The third-order valence-corrected chi connectivity index (χ3v) is 4.14. The van der Waals surface area contributed by atoms with Gasteiger partial charge in [0.2, 0.25) is 0 Å². The maximum Gasteiger partial charge on any atom is 0.417 e. The first-order valence-corrected chi connectivity index (χ1v) is 8.61. The van der Waals surface area contributed by atoms with E-state index in [2.05, 4.69) is 10.3 Å². The van der Waals surface area contributed by atoms with E-state index in [1.807, 2.05) is 24.3 Å². The number of rotatable bonds is 6. The van der Waals surface area contributed by atoms with Gasteiger partial charge < -0.3 is 19.2 Å². The molecule has 9 heteroatoms. The van der Waals surface area contributed by atoms with Gasteiger partial charge in [-0.05, 0) is 23.3 Å². The van der Waals surface area contributed by atoms with Crippen molar-refractivity contribution in [1.29, 1.82) is 5.26 Å². The maximum atomic E-state index is 12.1. The second kappa shape index (κ2) is 8.75. The van der Waals surface area contributed by atoms with Crippen LogP contribution < -0.4 is 11.1 Å². The predicted molar refractivity (Wildman–Crippen MR) is 101 cm³/mol. The zero-order chi connectivity index (χ0) is 20.8. The average Bonchev–Trinajstić information content (AvgIpc) is 3.11. The van der Waals surface area contributed by atoms with Gasteiger partial charge in [-0.25, -0.2) is 14.4 Å². The predicted octanol–water partition coefficient (Wildman–Crippen LogP) is 2.00. The number of alkyl carbamates (subject to hydrolysis) is 1. The summed E-state index contributed by atoms with van der Waals surface area (Å²) < 4.78 is 14.9. The first-order chi connectivity index (χ1) is 14.0. The van der Waals surface area contributed by atoms with Gasteiger partial charge in [0.05, 0.1) is 12.7 Å². The lowest BCUT2D eigenvalue weighted by Crippen LogP contribution is -2.43. The average molecular weight is 395 g/mol. The fourth-order valence-electron chi connectivity index (χ4n) is 2.79. The number of amides is 1. The van der Waals surface area contributed by atoms with Gasteiger partial charge in [-0.2, -0.15) is 5.26 Å². The van der Waals surface area contributed by atoms with Gasteiger partial charge in [-0.15, -0.1) is 0 Å². The molecule has 0 saturated heterocycles. The van der Waals surface area contributed by atoms with Crippen molar-refractivity contribution in [2.24, 2.45) is 0 Å². The van der Waals surface area contributed by atoms with Crippen LogP contribution in [0.3, 0.4) is 0 Å². The van der Waals surface area contributed by atoms with E-state index in [-0.39, 0.29) is 29.7 Å². The van der Waals surface area contributed by atoms with E-state index < -0.39 is 23.9 Å². The van der Waals surface area contributed by atoms with Crippen molar-refractivity contribution >= 4 is 23.2 Å². The number of ether oxygens (including phenoxy) is 2. The number of esters is 1. The van der Waals surface area contributed by atoms with Gasteiger partial charge >= 0.3 is 17.8 Å². The van der Waals surface area contributed by atoms with Crippen molar-refractivity contribution in [3.63, 3.8) is 0 Å². The lowest BCUT2D eigenvalue weighted by Gasteiger charge is -2.16. The highest BCUT2D eigenvalue weighted by atomic mass is 16.6. The second-order valence-corrected chi connectivity index (χ2v) is 6.13. The van der Waals surface area contributed by atoms with Crippen molar-refractivity contribution < 1.29 is 23.5 Å². The molecule has 0 spiro atoms. The minimum Gasteiger partial charge on any atom is -0.467 e. The fourth-order valence-corrected chi connectivity index (χ4v) is 2.79. The van der Waals surface area contributed by atoms with Gasteiger partial charge in [0.15, 0.2) is 5.58 Å². The Morgan fingerprint density at radius 1 is 1.24 bits per heavy atom.